The SMILES string of the molecule is CC(C(=O)NC1CCCc2cc(N)ccc21)N1CCCCCC1. The number of hydrogen-bond acceptors (Lipinski definition) is 3. The van der Waals surface area contributed by atoms with Gasteiger partial charge in [-0.2, -0.15) is 0 Å². The summed E-state index contributed by atoms with van der Waals surface area (Å²) in [5.41, 5.74) is 9.26. The van der Waals surface area contributed by atoms with Crippen LogP contribution < -0.4 is 11.1 Å². The number of benzene rings is 1. The number of rotatable bonds is 3. The van der Waals surface area contributed by atoms with Crippen LogP contribution in [-0.2, 0) is 11.2 Å². The van der Waals surface area contributed by atoms with E-state index in [2.05, 4.69) is 22.3 Å². The van der Waals surface area contributed by atoms with Gasteiger partial charge in [-0.15, -0.1) is 0 Å². The van der Waals surface area contributed by atoms with Gasteiger partial charge in [-0.1, -0.05) is 18.9 Å². The molecule has 0 radical (unpaired) electrons. The number of amides is 1. The van der Waals surface area contributed by atoms with Gasteiger partial charge in [0.25, 0.3) is 0 Å². The Bertz CT molecular complexity index is 550. The van der Waals surface area contributed by atoms with Crippen LogP contribution in [-0.4, -0.2) is 29.9 Å². The Morgan fingerprint density at radius 3 is 2.70 bits per heavy atom. The summed E-state index contributed by atoms with van der Waals surface area (Å²) in [4.78, 5) is 15.1. The predicted octanol–water partition coefficient (Wildman–Crippen LogP) is 3.03. The predicted molar refractivity (Wildman–Crippen MR) is 94.2 cm³/mol. The molecule has 2 aliphatic rings. The minimum atomic E-state index is -0.0349. The van der Waals surface area contributed by atoms with Crippen LogP contribution in [0.5, 0.6) is 0 Å². The molecule has 3 N–H and O–H groups in total. The number of carbonyl (C=O) groups excluding carboxylic acids is 1. The van der Waals surface area contributed by atoms with Crippen LogP contribution in [0.2, 0.25) is 0 Å². The molecule has 126 valence electrons. The smallest absolute Gasteiger partial charge is 0.237 e. The minimum absolute atomic E-state index is 0.0349. The van der Waals surface area contributed by atoms with Crippen LogP contribution >= 0.6 is 0 Å². The van der Waals surface area contributed by atoms with Gasteiger partial charge in [0.05, 0.1) is 12.1 Å². The number of nitrogen functional groups attached to an aromatic ring is 1. The van der Waals surface area contributed by atoms with Crippen LogP contribution in [0.15, 0.2) is 18.2 Å². The second-order valence-corrected chi connectivity index (χ2v) is 7.04. The zero-order chi connectivity index (χ0) is 16.2. The molecule has 1 saturated heterocycles. The van der Waals surface area contributed by atoms with Crippen molar-refractivity contribution in [3.05, 3.63) is 29.3 Å². The lowest BCUT2D eigenvalue weighted by molar-refractivity contribution is -0.126. The lowest BCUT2D eigenvalue weighted by atomic mass is 9.87. The van der Waals surface area contributed by atoms with Crippen molar-refractivity contribution in [2.45, 2.75) is 64.0 Å². The fourth-order valence-electron chi connectivity index (χ4n) is 3.92. The lowest BCUT2D eigenvalue weighted by Crippen LogP contribution is -2.46. The average Bonchev–Trinajstić information content (AvgIpc) is 2.83. The zero-order valence-corrected chi connectivity index (χ0v) is 14.2. The zero-order valence-electron chi connectivity index (χ0n) is 14.2. The highest BCUT2D eigenvalue weighted by atomic mass is 16.2. The van der Waals surface area contributed by atoms with Crippen LogP contribution in [0.4, 0.5) is 5.69 Å². The van der Waals surface area contributed by atoms with Crippen molar-refractivity contribution in [2.24, 2.45) is 0 Å². The second kappa shape index (κ2) is 7.35. The van der Waals surface area contributed by atoms with Gasteiger partial charge < -0.3 is 11.1 Å². The number of nitrogens with one attached hydrogen (secondary N) is 1. The van der Waals surface area contributed by atoms with E-state index in [1.54, 1.807) is 0 Å². The van der Waals surface area contributed by atoms with Gasteiger partial charge in [-0.25, -0.2) is 0 Å². The number of likely N-dealkylation sites (tertiary alicyclic amines) is 1. The number of nitrogens with zero attached hydrogens (tertiary/aromatic N) is 1. The summed E-state index contributed by atoms with van der Waals surface area (Å²) in [6, 6.07) is 6.20. The van der Waals surface area contributed by atoms with Crippen molar-refractivity contribution < 1.29 is 4.79 Å². The molecule has 2 unspecified atom stereocenters. The summed E-state index contributed by atoms with van der Waals surface area (Å²) < 4.78 is 0. The average molecular weight is 315 g/mol. The Balaban J connectivity index is 1.66. The first-order valence-corrected chi connectivity index (χ1v) is 9.08. The number of fused-ring (bicyclic) bond motifs is 1. The monoisotopic (exact) mass is 315 g/mol. The fraction of sp³-hybridized carbons (Fsp3) is 0.632. The van der Waals surface area contributed by atoms with E-state index in [1.165, 1.54) is 36.8 Å². The summed E-state index contributed by atoms with van der Waals surface area (Å²) in [5, 5.41) is 3.29. The van der Waals surface area contributed by atoms with Gasteiger partial charge in [0.2, 0.25) is 5.91 Å². The molecule has 3 rings (SSSR count). The summed E-state index contributed by atoms with van der Waals surface area (Å²) in [6.07, 6.45) is 8.21. The van der Waals surface area contributed by atoms with Gasteiger partial charge >= 0.3 is 0 Å². The van der Waals surface area contributed by atoms with E-state index < -0.39 is 0 Å². The fourth-order valence-corrected chi connectivity index (χ4v) is 3.92. The quantitative estimate of drug-likeness (QED) is 0.843. The maximum Gasteiger partial charge on any atom is 0.237 e. The standard InChI is InChI=1S/C19H29N3O/c1-14(22-11-4-2-3-5-12-22)19(23)21-18-8-6-7-15-13-16(20)9-10-17(15)18/h9-10,13-14,18H,2-8,11-12,20H2,1H3,(H,21,23). The minimum Gasteiger partial charge on any atom is -0.399 e. The van der Waals surface area contributed by atoms with Crippen molar-refractivity contribution in [1.82, 2.24) is 10.2 Å². The summed E-state index contributed by atoms with van der Waals surface area (Å²) in [7, 11) is 0. The molecule has 4 heteroatoms. The van der Waals surface area contributed by atoms with E-state index in [0.717, 1.165) is 38.0 Å². The molecule has 1 amide bonds. The van der Waals surface area contributed by atoms with E-state index in [0.29, 0.717) is 0 Å². The van der Waals surface area contributed by atoms with Crippen molar-refractivity contribution in [2.75, 3.05) is 18.8 Å². The molecule has 1 aromatic carbocycles. The number of hydrogen-bond donors (Lipinski definition) is 2. The first-order chi connectivity index (χ1) is 11.1. The Morgan fingerprint density at radius 2 is 1.96 bits per heavy atom. The molecular formula is C19H29N3O. The molecule has 0 bridgehead atoms. The second-order valence-electron chi connectivity index (χ2n) is 7.04. The largest absolute Gasteiger partial charge is 0.399 e. The van der Waals surface area contributed by atoms with Crippen molar-refractivity contribution in [3.8, 4) is 0 Å². The van der Waals surface area contributed by atoms with Gasteiger partial charge in [0.15, 0.2) is 0 Å². The lowest BCUT2D eigenvalue weighted by Gasteiger charge is -2.31. The molecule has 1 fully saturated rings. The molecule has 2 atom stereocenters. The maximum absolute atomic E-state index is 12.7. The van der Waals surface area contributed by atoms with E-state index in [9.17, 15) is 4.79 Å². The number of nitrogens with two attached hydrogens (primary N) is 1. The summed E-state index contributed by atoms with van der Waals surface area (Å²) >= 11 is 0. The molecule has 1 aliphatic carbocycles. The first-order valence-electron chi connectivity index (χ1n) is 9.08. The van der Waals surface area contributed by atoms with Crippen LogP contribution in [0.1, 0.15) is 62.6 Å². The molecule has 1 heterocycles. The molecule has 0 spiro atoms. The molecule has 1 aliphatic heterocycles. The van der Waals surface area contributed by atoms with E-state index in [1.807, 2.05) is 13.0 Å². The van der Waals surface area contributed by atoms with Crippen LogP contribution in [0, 0.1) is 0 Å². The van der Waals surface area contributed by atoms with Gasteiger partial charge in [0.1, 0.15) is 0 Å². The van der Waals surface area contributed by atoms with Crippen molar-refractivity contribution in [3.63, 3.8) is 0 Å². The Kier molecular flexibility index (Phi) is 5.21. The highest BCUT2D eigenvalue weighted by Crippen LogP contribution is 2.31. The molecular weight excluding hydrogens is 286 g/mol. The third kappa shape index (κ3) is 3.86. The third-order valence-corrected chi connectivity index (χ3v) is 5.37. The van der Waals surface area contributed by atoms with Gasteiger partial charge in [0, 0.05) is 5.69 Å². The Hall–Kier alpha value is -1.55. The topological polar surface area (TPSA) is 58.4 Å². The first kappa shape index (κ1) is 16.3. The van der Waals surface area contributed by atoms with E-state index in [-0.39, 0.29) is 18.0 Å². The van der Waals surface area contributed by atoms with Crippen molar-refractivity contribution in [1.29, 1.82) is 0 Å². The van der Waals surface area contributed by atoms with E-state index >= 15 is 0 Å². The van der Waals surface area contributed by atoms with Crippen LogP contribution in [0.3, 0.4) is 0 Å². The normalized spacial score (nSPS) is 23.6. The third-order valence-electron chi connectivity index (χ3n) is 5.37. The van der Waals surface area contributed by atoms with Gasteiger partial charge in [-0.05, 0) is 75.4 Å². The summed E-state index contributed by atoms with van der Waals surface area (Å²) in [6.45, 7) is 4.14. The molecule has 4 nitrogen and oxygen atoms in total. The highest BCUT2D eigenvalue weighted by Gasteiger charge is 2.27. The molecule has 0 saturated carbocycles. The highest BCUT2D eigenvalue weighted by molar-refractivity contribution is 5.81. The molecule has 23 heavy (non-hydrogen) atoms. The van der Waals surface area contributed by atoms with Crippen molar-refractivity contribution >= 4 is 11.6 Å². The van der Waals surface area contributed by atoms with E-state index in [4.69, 9.17) is 5.73 Å². The molecule has 1 aromatic rings. The Labute approximate surface area is 139 Å². The van der Waals surface area contributed by atoms with Crippen LogP contribution in [0.25, 0.3) is 0 Å². The maximum atomic E-state index is 12.7. The summed E-state index contributed by atoms with van der Waals surface area (Å²) in [5.74, 6) is 0.168. The Morgan fingerprint density at radius 1 is 1.22 bits per heavy atom. The molecule has 0 aromatic heterocycles. The number of aryl methyl sites for hydroxylation is 1. The number of anilines is 1. The van der Waals surface area contributed by atoms with Gasteiger partial charge in [-0.3, -0.25) is 9.69 Å². The number of carbonyl (C=O) groups is 1.